The first-order valence-electron chi connectivity index (χ1n) is 5.68. The number of para-hydroxylation sites is 1. The van der Waals surface area contributed by atoms with Crippen molar-refractivity contribution in [2.45, 2.75) is 13.0 Å². The van der Waals surface area contributed by atoms with Crippen LogP contribution in [-0.2, 0) is 0 Å². The first kappa shape index (κ1) is 12.7. The quantitative estimate of drug-likeness (QED) is 0.910. The van der Waals surface area contributed by atoms with E-state index in [0.717, 1.165) is 21.3 Å². The maximum Gasteiger partial charge on any atom is 0.140 e. The lowest BCUT2D eigenvalue weighted by Gasteiger charge is -2.15. The van der Waals surface area contributed by atoms with E-state index in [1.807, 2.05) is 55.5 Å². The molecule has 0 aliphatic carbocycles. The molecule has 1 atom stereocenters. The number of nitrogens with one attached hydrogen (secondary N) is 1. The fourth-order valence-electron chi connectivity index (χ4n) is 1.74. The van der Waals surface area contributed by atoms with Gasteiger partial charge in [-0.3, -0.25) is 0 Å². The SMILES string of the molecule is Cc1ccccc1N[C@H](C#N)c1ccc(Br)cc1. The predicted octanol–water partition coefficient (Wildman–Crippen LogP) is 4.43. The highest BCUT2D eigenvalue weighted by atomic mass is 79.9. The van der Waals surface area contributed by atoms with Gasteiger partial charge in [0.15, 0.2) is 0 Å². The number of anilines is 1. The predicted molar refractivity (Wildman–Crippen MR) is 77.3 cm³/mol. The van der Waals surface area contributed by atoms with Crippen LogP contribution in [0.3, 0.4) is 0 Å². The van der Waals surface area contributed by atoms with Gasteiger partial charge in [-0.1, -0.05) is 46.3 Å². The van der Waals surface area contributed by atoms with Crippen molar-refractivity contribution < 1.29 is 0 Å². The smallest absolute Gasteiger partial charge is 0.140 e. The Morgan fingerprint density at radius 1 is 1.11 bits per heavy atom. The van der Waals surface area contributed by atoms with Gasteiger partial charge < -0.3 is 5.32 Å². The van der Waals surface area contributed by atoms with Crippen molar-refractivity contribution in [1.29, 1.82) is 5.26 Å². The minimum absolute atomic E-state index is 0.334. The van der Waals surface area contributed by atoms with Crippen molar-refractivity contribution in [1.82, 2.24) is 0 Å². The maximum atomic E-state index is 9.28. The van der Waals surface area contributed by atoms with Crippen molar-refractivity contribution in [2.24, 2.45) is 0 Å². The summed E-state index contributed by atoms with van der Waals surface area (Å²) in [7, 11) is 0. The van der Waals surface area contributed by atoms with Gasteiger partial charge in [0.25, 0.3) is 0 Å². The van der Waals surface area contributed by atoms with Crippen molar-refractivity contribution in [3.8, 4) is 6.07 Å². The van der Waals surface area contributed by atoms with Gasteiger partial charge in [0.05, 0.1) is 6.07 Å². The Balaban J connectivity index is 2.23. The van der Waals surface area contributed by atoms with Gasteiger partial charge in [0.2, 0.25) is 0 Å². The highest BCUT2D eigenvalue weighted by Gasteiger charge is 2.10. The molecule has 0 amide bonds. The van der Waals surface area contributed by atoms with E-state index in [0.29, 0.717) is 0 Å². The number of aryl methyl sites for hydroxylation is 1. The minimum atomic E-state index is -0.334. The fraction of sp³-hybridized carbons (Fsp3) is 0.133. The van der Waals surface area contributed by atoms with Crippen LogP contribution in [0.2, 0.25) is 0 Å². The monoisotopic (exact) mass is 300 g/mol. The molecule has 0 unspecified atom stereocenters. The molecule has 0 heterocycles. The third kappa shape index (κ3) is 2.91. The summed E-state index contributed by atoms with van der Waals surface area (Å²) in [6, 6.07) is 17.7. The third-order valence-corrected chi connectivity index (χ3v) is 3.31. The first-order chi connectivity index (χ1) is 8.70. The number of hydrogen-bond donors (Lipinski definition) is 1. The molecule has 0 aromatic heterocycles. The van der Waals surface area contributed by atoms with Gasteiger partial charge in [-0.2, -0.15) is 5.26 Å². The van der Waals surface area contributed by atoms with Gasteiger partial charge in [-0.15, -0.1) is 0 Å². The number of benzene rings is 2. The molecule has 0 fully saturated rings. The van der Waals surface area contributed by atoms with E-state index in [1.54, 1.807) is 0 Å². The van der Waals surface area contributed by atoms with Crippen molar-refractivity contribution >= 4 is 21.6 Å². The second-order valence-electron chi connectivity index (χ2n) is 4.07. The molecule has 2 nitrogen and oxygen atoms in total. The number of nitriles is 1. The summed E-state index contributed by atoms with van der Waals surface area (Å²) >= 11 is 3.39. The highest BCUT2D eigenvalue weighted by molar-refractivity contribution is 9.10. The molecular weight excluding hydrogens is 288 g/mol. The summed E-state index contributed by atoms with van der Waals surface area (Å²) in [5, 5.41) is 12.5. The van der Waals surface area contributed by atoms with Crippen LogP contribution in [0.1, 0.15) is 17.2 Å². The average Bonchev–Trinajstić information content (AvgIpc) is 2.39. The third-order valence-electron chi connectivity index (χ3n) is 2.78. The largest absolute Gasteiger partial charge is 0.366 e. The lowest BCUT2D eigenvalue weighted by molar-refractivity contribution is 0.993. The van der Waals surface area contributed by atoms with Crippen LogP contribution >= 0.6 is 15.9 Å². The molecule has 0 saturated carbocycles. The van der Waals surface area contributed by atoms with E-state index in [9.17, 15) is 5.26 Å². The Morgan fingerprint density at radius 2 is 1.78 bits per heavy atom. The molecule has 0 saturated heterocycles. The van der Waals surface area contributed by atoms with Crippen molar-refractivity contribution in [2.75, 3.05) is 5.32 Å². The molecule has 90 valence electrons. The number of rotatable bonds is 3. The van der Waals surface area contributed by atoms with Gasteiger partial charge in [-0.25, -0.2) is 0 Å². The molecule has 2 aromatic carbocycles. The maximum absolute atomic E-state index is 9.28. The van der Waals surface area contributed by atoms with Gasteiger partial charge in [0.1, 0.15) is 6.04 Å². The average molecular weight is 301 g/mol. The Hall–Kier alpha value is -1.79. The molecule has 2 rings (SSSR count). The van der Waals surface area contributed by atoms with E-state index in [1.165, 1.54) is 0 Å². The lowest BCUT2D eigenvalue weighted by Crippen LogP contribution is -2.09. The summed E-state index contributed by atoms with van der Waals surface area (Å²) in [6.07, 6.45) is 0. The number of halogens is 1. The van der Waals surface area contributed by atoms with E-state index < -0.39 is 0 Å². The lowest BCUT2D eigenvalue weighted by atomic mass is 10.1. The van der Waals surface area contributed by atoms with Gasteiger partial charge in [-0.05, 0) is 36.2 Å². The molecule has 0 aliphatic rings. The standard InChI is InChI=1S/C15H13BrN2/c1-11-4-2-3-5-14(11)18-15(10-17)12-6-8-13(16)9-7-12/h2-9,15,18H,1H3/t15-/m1/s1. The van der Waals surface area contributed by atoms with Gasteiger partial charge >= 0.3 is 0 Å². The molecule has 0 radical (unpaired) electrons. The summed E-state index contributed by atoms with van der Waals surface area (Å²) in [5.41, 5.74) is 3.09. The molecule has 2 aromatic rings. The summed E-state index contributed by atoms with van der Waals surface area (Å²) in [6.45, 7) is 2.03. The van der Waals surface area contributed by atoms with Crippen LogP contribution in [0.4, 0.5) is 5.69 Å². The Kier molecular flexibility index (Phi) is 4.01. The van der Waals surface area contributed by atoms with E-state index in [2.05, 4.69) is 27.3 Å². The Labute approximate surface area is 115 Å². The molecule has 0 aliphatic heterocycles. The summed E-state index contributed by atoms with van der Waals surface area (Å²) < 4.78 is 1.01. The second-order valence-corrected chi connectivity index (χ2v) is 4.99. The summed E-state index contributed by atoms with van der Waals surface area (Å²) in [5.74, 6) is 0. The zero-order valence-corrected chi connectivity index (χ0v) is 11.6. The zero-order chi connectivity index (χ0) is 13.0. The molecule has 18 heavy (non-hydrogen) atoms. The second kappa shape index (κ2) is 5.70. The van der Waals surface area contributed by atoms with Crippen molar-refractivity contribution in [3.63, 3.8) is 0 Å². The van der Waals surface area contributed by atoms with Crippen LogP contribution in [0.15, 0.2) is 53.0 Å². The first-order valence-corrected chi connectivity index (χ1v) is 6.47. The Bertz CT molecular complexity index is 570. The van der Waals surface area contributed by atoms with Crippen LogP contribution in [-0.4, -0.2) is 0 Å². The molecular formula is C15H13BrN2. The van der Waals surface area contributed by atoms with Crippen LogP contribution in [0.5, 0.6) is 0 Å². The topological polar surface area (TPSA) is 35.8 Å². The van der Waals surface area contributed by atoms with E-state index in [4.69, 9.17) is 0 Å². The van der Waals surface area contributed by atoms with Crippen LogP contribution in [0.25, 0.3) is 0 Å². The van der Waals surface area contributed by atoms with E-state index in [-0.39, 0.29) is 6.04 Å². The number of hydrogen-bond acceptors (Lipinski definition) is 2. The Morgan fingerprint density at radius 3 is 2.39 bits per heavy atom. The van der Waals surface area contributed by atoms with Crippen molar-refractivity contribution in [3.05, 3.63) is 64.1 Å². The highest BCUT2D eigenvalue weighted by Crippen LogP contribution is 2.23. The molecule has 3 heteroatoms. The molecule has 1 N–H and O–H groups in total. The van der Waals surface area contributed by atoms with Gasteiger partial charge in [0, 0.05) is 10.2 Å². The van der Waals surface area contributed by atoms with E-state index >= 15 is 0 Å². The fourth-order valence-corrected chi connectivity index (χ4v) is 2.00. The zero-order valence-electron chi connectivity index (χ0n) is 10.0. The normalized spacial score (nSPS) is 11.6. The minimum Gasteiger partial charge on any atom is -0.366 e. The van der Waals surface area contributed by atoms with Crippen LogP contribution < -0.4 is 5.32 Å². The summed E-state index contributed by atoms with van der Waals surface area (Å²) in [4.78, 5) is 0. The molecule has 0 spiro atoms. The van der Waals surface area contributed by atoms with Crippen LogP contribution in [0, 0.1) is 18.3 Å². The number of nitrogens with zero attached hydrogens (tertiary/aromatic N) is 1. The molecule has 0 bridgehead atoms.